The zero-order valence-corrected chi connectivity index (χ0v) is 11.6. The van der Waals surface area contributed by atoms with E-state index in [2.05, 4.69) is 4.72 Å². The Balaban J connectivity index is 2.06. The first-order valence-electron chi connectivity index (χ1n) is 6.08. The summed E-state index contributed by atoms with van der Waals surface area (Å²) in [6, 6.07) is 7.88. The summed E-state index contributed by atoms with van der Waals surface area (Å²) in [5.41, 5.74) is 0.595. The Morgan fingerprint density at radius 2 is 1.67 bits per heavy atom. The van der Waals surface area contributed by atoms with Crippen LogP contribution >= 0.6 is 0 Å². The molecule has 2 aromatic rings. The van der Waals surface area contributed by atoms with Crippen molar-refractivity contribution in [3.05, 3.63) is 65.5 Å². The average molecular weight is 315 g/mol. The van der Waals surface area contributed by atoms with Gasteiger partial charge in [0, 0.05) is 6.54 Å². The van der Waals surface area contributed by atoms with E-state index in [1.54, 1.807) is 6.07 Å². The van der Waals surface area contributed by atoms with Crippen molar-refractivity contribution in [2.75, 3.05) is 6.54 Å². The lowest BCUT2D eigenvalue weighted by Crippen LogP contribution is -2.27. The number of rotatable bonds is 5. The predicted octanol–water partition coefficient (Wildman–Crippen LogP) is 2.62. The normalized spacial score (nSPS) is 11.6. The molecule has 0 aromatic heterocycles. The maximum absolute atomic E-state index is 13.4. The van der Waals surface area contributed by atoms with Gasteiger partial charge in [0.05, 0.1) is 0 Å². The van der Waals surface area contributed by atoms with Crippen molar-refractivity contribution in [3.8, 4) is 0 Å². The molecule has 0 fully saturated rings. The van der Waals surface area contributed by atoms with E-state index >= 15 is 0 Å². The van der Waals surface area contributed by atoms with Crippen LogP contribution in [0.1, 0.15) is 5.56 Å². The lowest BCUT2D eigenvalue weighted by Gasteiger charge is -2.08. The maximum Gasteiger partial charge on any atom is 0.243 e. The quantitative estimate of drug-likeness (QED) is 0.922. The van der Waals surface area contributed by atoms with Crippen LogP contribution in [0.25, 0.3) is 0 Å². The molecule has 3 nitrogen and oxygen atoms in total. The molecule has 0 aliphatic rings. The van der Waals surface area contributed by atoms with Gasteiger partial charge >= 0.3 is 0 Å². The fourth-order valence-electron chi connectivity index (χ4n) is 1.78. The van der Waals surface area contributed by atoms with Gasteiger partial charge in [-0.3, -0.25) is 0 Å². The molecule has 0 aliphatic carbocycles. The Labute approximate surface area is 120 Å². The Bertz CT molecular complexity index is 748. The molecule has 112 valence electrons. The highest BCUT2D eigenvalue weighted by Gasteiger charge is 2.19. The second-order valence-electron chi connectivity index (χ2n) is 4.35. The van der Waals surface area contributed by atoms with Gasteiger partial charge in [-0.25, -0.2) is 26.3 Å². The van der Waals surface area contributed by atoms with Crippen molar-refractivity contribution in [2.45, 2.75) is 11.3 Å². The molecular weight excluding hydrogens is 303 g/mol. The van der Waals surface area contributed by atoms with Gasteiger partial charge in [0.15, 0.2) is 0 Å². The summed E-state index contributed by atoms with van der Waals surface area (Å²) in [5.74, 6) is -2.30. The van der Waals surface area contributed by atoms with Crippen LogP contribution in [-0.2, 0) is 16.4 Å². The van der Waals surface area contributed by atoms with E-state index in [4.69, 9.17) is 0 Å². The fraction of sp³-hybridized carbons (Fsp3) is 0.143. The summed E-state index contributed by atoms with van der Waals surface area (Å²) in [6.45, 7) is -0.0538. The number of sulfonamides is 1. The number of nitrogens with one attached hydrogen (secondary N) is 1. The van der Waals surface area contributed by atoms with Crippen molar-refractivity contribution in [1.29, 1.82) is 0 Å². The minimum Gasteiger partial charge on any atom is -0.211 e. The molecule has 0 atom stereocenters. The summed E-state index contributed by atoms with van der Waals surface area (Å²) in [7, 11) is -4.15. The summed E-state index contributed by atoms with van der Waals surface area (Å²) < 4.78 is 65.3. The lowest BCUT2D eigenvalue weighted by molar-refractivity contribution is 0.546. The minimum atomic E-state index is -4.15. The standard InChI is InChI=1S/C14H12F3NO2S/c15-11-3-1-2-10(8-11)6-7-18-21(19,20)14-9-12(16)4-5-13(14)17/h1-5,8-9,18H,6-7H2. The van der Waals surface area contributed by atoms with Gasteiger partial charge in [0.1, 0.15) is 22.3 Å². The molecular formula is C14H12F3NO2S. The summed E-state index contributed by atoms with van der Waals surface area (Å²) in [6.07, 6.45) is 0.230. The van der Waals surface area contributed by atoms with Gasteiger partial charge in [-0.1, -0.05) is 12.1 Å². The SMILES string of the molecule is O=S(=O)(NCCc1cccc(F)c1)c1cc(F)ccc1F. The van der Waals surface area contributed by atoms with Crippen molar-refractivity contribution < 1.29 is 21.6 Å². The van der Waals surface area contributed by atoms with E-state index in [9.17, 15) is 21.6 Å². The van der Waals surface area contributed by atoms with Crippen LogP contribution < -0.4 is 4.72 Å². The second-order valence-corrected chi connectivity index (χ2v) is 6.09. The first-order chi connectivity index (χ1) is 9.88. The van der Waals surface area contributed by atoms with E-state index in [1.165, 1.54) is 18.2 Å². The lowest BCUT2D eigenvalue weighted by atomic mass is 10.1. The van der Waals surface area contributed by atoms with Crippen molar-refractivity contribution in [3.63, 3.8) is 0 Å². The molecule has 0 amide bonds. The minimum absolute atomic E-state index is 0.0538. The van der Waals surface area contributed by atoms with Gasteiger partial charge in [-0.2, -0.15) is 0 Å². The van der Waals surface area contributed by atoms with Gasteiger partial charge in [-0.05, 0) is 42.3 Å². The van der Waals surface area contributed by atoms with Crippen molar-refractivity contribution in [1.82, 2.24) is 4.72 Å². The Morgan fingerprint density at radius 3 is 2.38 bits per heavy atom. The number of halogens is 3. The van der Waals surface area contributed by atoms with E-state index in [-0.39, 0.29) is 13.0 Å². The molecule has 7 heteroatoms. The third-order valence-electron chi connectivity index (χ3n) is 2.78. The van der Waals surface area contributed by atoms with Crippen LogP contribution in [0.5, 0.6) is 0 Å². The Kier molecular flexibility index (Phi) is 4.64. The molecule has 0 radical (unpaired) electrons. The molecule has 2 aromatic carbocycles. The molecule has 0 saturated heterocycles. The zero-order valence-electron chi connectivity index (χ0n) is 10.8. The highest BCUT2D eigenvalue weighted by Crippen LogP contribution is 2.15. The van der Waals surface area contributed by atoms with Crippen LogP contribution in [0.2, 0.25) is 0 Å². The third kappa shape index (κ3) is 4.05. The van der Waals surface area contributed by atoms with Gasteiger partial charge < -0.3 is 0 Å². The zero-order chi connectivity index (χ0) is 15.5. The highest BCUT2D eigenvalue weighted by molar-refractivity contribution is 7.89. The highest BCUT2D eigenvalue weighted by atomic mass is 32.2. The third-order valence-corrected chi connectivity index (χ3v) is 4.25. The molecule has 0 unspecified atom stereocenters. The second kappa shape index (κ2) is 6.28. The molecule has 0 bridgehead atoms. The van der Waals surface area contributed by atoms with Gasteiger partial charge in [0.25, 0.3) is 0 Å². The molecule has 0 spiro atoms. The largest absolute Gasteiger partial charge is 0.243 e. The molecule has 0 heterocycles. The van der Waals surface area contributed by atoms with E-state index in [0.717, 1.165) is 12.1 Å². The van der Waals surface area contributed by atoms with Gasteiger partial charge in [-0.15, -0.1) is 0 Å². The average Bonchev–Trinajstić information content (AvgIpc) is 2.41. The molecule has 1 N–H and O–H groups in total. The van der Waals surface area contributed by atoms with Crippen molar-refractivity contribution >= 4 is 10.0 Å². The Hall–Kier alpha value is -1.86. The van der Waals surface area contributed by atoms with E-state index < -0.39 is 32.4 Å². The molecule has 21 heavy (non-hydrogen) atoms. The monoisotopic (exact) mass is 315 g/mol. The first kappa shape index (κ1) is 15.5. The maximum atomic E-state index is 13.4. The van der Waals surface area contributed by atoms with Crippen molar-refractivity contribution in [2.24, 2.45) is 0 Å². The van der Waals surface area contributed by atoms with E-state index in [0.29, 0.717) is 11.6 Å². The number of hydrogen-bond acceptors (Lipinski definition) is 2. The van der Waals surface area contributed by atoms with Crippen LogP contribution in [-0.4, -0.2) is 15.0 Å². The van der Waals surface area contributed by atoms with Gasteiger partial charge in [0.2, 0.25) is 10.0 Å². The number of hydrogen-bond donors (Lipinski definition) is 1. The number of benzene rings is 2. The first-order valence-corrected chi connectivity index (χ1v) is 7.56. The topological polar surface area (TPSA) is 46.2 Å². The molecule has 2 rings (SSSR count). The molecule has 0 aliphatic heterocycles. The fourth-order valence-corrected chi connectivity index (χ4v) is 2.90. The predicted molar refractivity (Wildman–Crippen MR) is 71.7 cm³/mol. The summed E-state index contributed by atoms with van der Waals surface area (Å²) in [5, 5.41) is 0. The smallest absolute Gasteiger partial charge is 0.211 e. The Morgan fingerprint density at radius 1 is 0.952 bits per heavy atom. The van der Waals surface area contributed by atoms with Crippen LogP contribution in [0.4, 0.5) is 13.2 Å². The summed E-state index contributed by atoms with van der Waals surface area (Å²) in [4.78, 5) is -0.748. The van der Waals surface area contributed by atoms with Crippen LogP contribution in [0.15, 0.2) is 47.4 Å². The van der Waals surface area contributed by atoms with Crippen LogP contribution in [0, 0.1) is 17.5 Å². The van der Waals surface area contributed by atoms with E-state index in [1.807, 2.05) is 0 Å². The molecule has 0 saturated carbocycles. The summed E-state index contributed by atoms with van der Waals surface area (Å²) >= 11 is 0. The van der Waals surface area contributed by atoms with Crippen LogP contribution in [0.3, 0.4) is 0 Å².